The van der Waals surface area contributed by atoms with Crippen LogP contribution in [0.4, 0.5) is 5.82 Å². The molecule has 5 nitrogen and oxygen atoms in total. The van der Waals surface area contributed by atoms with Crippen LogP contribution in [0.3, 0.4) is 0 Å². The average Bonchev–Trinajstić information content (AvgIpc) is 2.30. The van der Waals surface area contributed by atoms with Crippen molar-refractivity contribution in [3.8, 4) is 0 Å². The zero-order valence-corrected chi connectivity index (χ0v) is 10.1. The lowest BCUT2D eigenvalue weighted by atomic mass is 10.0. The van der Waals surface area contributed by atoms with E-state index in [9.17, 15) is 4.79 Å². The second kappa shape index (κ2) is 5.05. The molecule has 2 rings (SSSR count). The maximum atomic E-state index is 10.9. The Labute approximate surface area is 100 Å². The quantitative estimate of drug-likeness (QED) is 0.804. The molecule has 1 amide bonds. The number of hydrogen-bond acceptors (Lipinski definition) is 4. The van der Waals surface area contributed by atoms with Crippen LogP contribution >= 0.6 is 0 Å². The molecule has 0 saturated carbocycles. The summed E-state index contributed by atoms with van der Waals surface area (Å²) in [5.41, 5.74) is 3.44. The normalized spacial score (nSPS) is 15.9. The van der Waals surface area contributed by atoms with E-state index >= 15 is 0 Å². The fourth-order valence-corrected chi connectivity index (χ4v) is 1.83. The van der Waals surface area contributed by atoms with Gasteiger partial charge in [0.1, 0.15) is 0 Å². The summed E-state index contributed by atoms with van der Waals surface area (Å²) in [6.45, 7) is 5.43. The van der Waals surface area contributed by atoms with E-state index in [-0.39, 0.29) is 5.91 Å². The molecule has 0 radical (unpaired) electrons. The standard InChI is InChI=1S/C12H16N4O/c1-8-3-4-13-5-10(8)11-6-15-12(7-14-11)16-9(2)17/h6-7,13H,3-5H2,1-2H3,(H,15,16,17). The van der Waals surface area contributed by atoms with E-state index in [0.29, 0.717) is 5.82 Å². The molecule has 0 atom stereocenters. The van der Waals surface area contributed by atoms with Crippen molar-refractivity contribution in [3.05, 3.63) is 23.7 Å². The van der Waals surface area contributed by atoms with Crippen molar-refractivity contribution in [3.63, 3.8) is 0 Å². The van der Waals surface area contributed by atoms with E-state index in [2.05, 4.69) is 27.5 Å². The van der Waals surface area contributed by atoms with Crippen molar-refractivity contribution in [2.45, 2.75) is 20.3 Å². The highest BCUT2D eigenvalue weighted by molar-refractivity contribution is 5.87. The fourth-order valence-electron chi connectivity index (χ4n) is 1.83. The third-order valence-corrected chi connectivity index (χ3v) is 2.76. The van der Waals surface area contributed by atoms with Crippen molar-refractivity contribution in [1.29, 1.82) is 0 Å². The minimum absolute atomic E-state index is 0.137. The Bertz CT molecular complexity index is 450. The summed E-state index contributed by atoms with van der Waals surface area (Å²) in [5.74, 6) is 0.352. The summed E-state index contributed by atoms with van der Waals surface area (Å²) in [7, 11) is 0. The SMILES string of the molecule is CC(=O)Nc1cnc(C2=C(C)CCNC2)cn1. The van der Waals surface area contributed by atoms with Gasteiger partial charge in [-0.25, -0.2) is 4.98 Å². The van der Waals surface area contributed by atoms with Crippen LogP contribution in [0.15, 0.2) is 18.0 Å². The van der Waals surface area contributed by atoms with Crippen LogP contribution in [0.2, 0.25) is 0 Å². The molecule has 17 heavy (non-hydrogen) atoms. The van der Waals surface area contributed by atoms with Crippen LogP contribution in [-0.4, -0.2) is 29.0 Å². The van der Waals surface area contributed by atoms with Crippen molar-refractivity contribution < 1.29 is 4.79 Å². The summed E-state index contributed by atoms with van der Waals surface area (Å²) < 4.78 is 0. The number of nitrogens with one attached hydrogen (secondary N) is 2. The summed E-state index contributed by atoms with van der Waals surface area (Å²) in [5, 5.41) is 5.92. The second-order valence-electron chi connectivity index (χ2n) is 4.15. The molecule has 0 saturated heterocycles. The van der Waals surface area contributed by atoms with E-state index < -0.39 is 0 Å². The van der Waals surface area contributed by atoms with Gasteiger partial charge in [0.15, 0.2) is 5.82 Å². The number of carbonyl (C=O) groups is 1. The van der Waals surface area contributed by atoms with Gasteiger partial charge < -0.3 is 10.6 Å². The predicted molar refractivity (Wildman–Crippen MR) is 66.4 cm³/mol. The fraction of sp³-hybridized carbons (Fsp3) is 0.417. The molecule has 0 unspecified atom stereocenters. The number of rotatable bonds is 2. The Kier molecular flexibility index (Phi) is 3.49. The number of hydrogen-bond donors (Lipinski definition) is 2. The smallest absolute Gasteiger partial charge is 0.222 e. The third-order valence-electron chi connectivity index (χ3n) is 2.76. The van der Waals surface area contributed by atoms with Crippen LogP contribution < -0.4 is 10.6 Å². The molecule has 5 heteroatoms. The summed E-state index contributed by atoms with van der Waals surface area (Å²) in [4.78, 5) is 19.4. The van der Waals surface area contributed by atoms with Crippen molar-refractivity contribution in [2.24, 2.45) is 0 Å². The number of aromatic nitrogens is 2. The van der Waals surface area contributed by atoms with Gasteiger partial charge in [-0.3, -0.25) is 9.78 Å². The number of anilines is 1. The van der Waals surface area contributed by atoms with E-state index in [1.54, 1.807) is 12.4 Å². The Balaban J connectivity index is 2.20. The molecule has 0 spiro atoms. The zero-order valence-electron chi connectivity index (χ0n) is 10.1. The Morgan fingerprint density at radius 1 is 1.41 bits per heavy atom. The Hall–Kier alpha value is -1.75. The zero-order chi connectivity index (χ0) is 12.3. The van der Waals surface area contributed by atoms with Gasteiger partial charge in [-0.1, -0.05) is 5.57 Å². The summed E-state index contributed by atoms with van der Waals surface area (Å²) >= 11 is 0. The molecule has 2 heterocycles. The molecule has 0 bridgehead atoms. The minimum atomic E-state index is -0.137. The van der Waals surface area contributed by atoms with E-state index in [1.165, 1.54) is 18.1 Å². The van der Waals surface area contributed by atoms with Gasteiger partial charge in [0, 0.05) is 13.5 Å². The molecule has 1 aromatic rings. The number of amides is 1. The lowest BCUT2D eigenvalue weighted by molar-refractivity contribution is -0.114. The lowest BCUT2D eigenvalue weighted by Gasteiger charge is -2.18. The third kappa shape index (κ3) is 2.88. The Morgan fingerprint density at radius 3 is 2.82 bits per heavy atom. The van der Waals surface area contributed by atoms with Crippen molar-refractivity contribution in [1.82, 2.24) is 15.3 Å². The summed E-state index contributed by atoms with van der Waals surface area (Å²) in [6.07, 6.45) is 4.34. The highest BCUT2D eigenvalue weighted by atomic mass is 16.1. The highest BCUT2D eigenvalue weighted by Crippen LogP contribution is 2.20. The van der Waals surface area contributed by atoms with Gasteiger partial charge in [-0.2, -0.15) is 0 Å². The molecular weight excluding hydrogens is 216 g/mol. The first-order valence-corrected chi connectivity index (χ1v) is 5.66. The van der Waals surface area contributed by atoms with Crippen LogP contribution in [0.1, 0.15) is 26.0 Å². The first kappa shape index (κ1) is 11.7. The van der Waals surface area contributed by atoms with Crippen molar-refractivity contribution in [2.75, 3.05) is 18.4 Å². The molecule has 1 aliphatic heterocycles. The Morgan fingerprint density at radius 2 is 2.24 bits per heavy atom. The molecule has 1 aliphatic rings. The van der Waals surface area contributed by atoms with Gasteiger partial charge in [-0.05, 0) is 25.5 Å². The molecule has 0 fully saturated rings. The molecule has 90 valence electrons. The highest BCUT2D eigenvalue weighted by Gasteiger charge is 2.12. The predicted octanol–water partition coefficient (Wildman–Crippen LogP) is 1.20. The van der Waals surface area contributed by atoms with Crippen molar-refractivity contribution >= 4 is 17.3 Å². The average molecular weight is 232 g/mol. The molecule has 2 N–H and O–H groups in total. The maximum Gasteiger partial charge on any atom is 0.222 e. The largest absolute Gasteiger partial charge is 0.312 e. The maximum absolute atomic E-state index is 10.9. The first-order chi connectivity index (χ1) is 8.16. The van der Waals surface area contributed by atoms with Gasteiger partial charge in [0.05, 0.1) is 18.1 Å². The first-order valence-electron chi connectivity index (χ1n) is 5.66. The molecular formula is C12H16N4O. The summed E-state index contributed by atoms with van der Waals surface area (Å²) in [6, 6.07) is 0. The van der Waals surface area contributed by atoms with Gasteiger partial charge in [0.2, 0.25) is 5.91 Å². The van der Waals surface area contributed by atoms with Crippen LogP contribution in [-0.2, 0) is 4.79 Å². The number of nitrogens with zero attached hydrogens (tertiary/aromatic N) is 2. The molecule has 1 aromatic heterocycles. The second-order valence-corrected chi connectivity index (χ2v) is 4.15. The number of carbonyl (C=O) groups excluding carboxylic acids is 1. The topological polar surface area (TPSA) is 66.9 Å². The van der Waals surface area contributed by atoms with Crippen LogP contribution in [0.5, 0.6) is 0 Å². The minimum Gasteiger partial charge on any atom is -0.312 e. The van der Waals surface area contributed by atoms with Gasteiger partial charge in [-0.15, -0.1) is 0 Å². The molecule has 0 aliphatic carbocycles. The van der Waals surface area contributed by atoms with E-state index in [1.807, 2.05) is 0 Å². The van der Waals surface area contributed by atoms with Crippen LogP contribution in [0, 0.1) is 0 Å². The van der Waals surface area contributed by atoms with E-state index in [4.69, 9.17) is 0 Å². The monoisotopic (exact) mass is 232 g/mol. The van der Waals surface area contributed by atoms with E-state index in [0.717, 1.165) is 25.2 Å². The molecule has 0 aromatic carbocycles. The lowest BCUT2D eigenvalue weighted by Crippen LogP contribution is -2.24. The van der Waals surface area contributed by atoms with Gasteiger partial charge in [0.25, 0.3) is 0 Å². The van der Waals surface area contributed by atoms with Crippen LogP contribution in [0.25, 0.3) is 5.57 Å². The van der Waals surface area contributed by atoms with Gasteiger partial charge >= 0.3 is 0 Å².